The molecule has 2 saturated heterocycles. The second-order valence-corrected chi connectivity index (χ2v) is 6.30. The van der Waals surface area contributed by atoms with E-state index in [9.17, 15) is 0 Å². The van der Waals surface area contributed by atoms with Crippen LogP contribution in [0.5, 0.6) is 0 Å². The van der Waals surface area contributed by atoms with E-state index in [1.54, 1.807) is 0 Å². The lowest BCUT2D eigenvalue weighted by Gasteiger charge is -2.30. The SMILES string of the molecule is C1CCN(c2nc3nonc3nc2N2CCSCC2)C1. The van der Waals surface area contributed by atoms with E-state index in [0.717, 1.165) is 49.3 Å². The summed E-state index contributed by atoms with van der Waals surface area (Å²) in [7, 11) is 0. The van der Waals surface area contributed by atoms with Gasteiger partial charge in [0.2, 0.25) is 11.3 Å². The standard InChI is InChI=1S/C12H16N6OS/c1-2-4-17(3-1)11-12(18-5-7-20-8-6-18)14-10-9(13-11)15-19-16-10/h1-8H2. The van der Waals surface area contributed by atoms with Crippen molar-refractivity contribution in [1.29, 1.82) is 0 Å². The molecule has 0 aliphatic carbocycles. The molecule has 0 bridgehead atoms. The van der Waals surface area contributed by atoms with Crippen LogP contribution in [0, 0.1) is 0 Å². The number of fused-ring (bicyclic) bond motifs is 1. The van der Waals surface area contributed by atoms with Gasteiger partial charge in [-0.05, 0) is 23.2 Å². The van der Waals surface area contributed by atoms with Crippen molar-refractivity contribution in [3.8, 4) is 0 Å². The molecule has 8 heteroatoms. The predicted molar refractivity (Wildman–Crippen MR) is 78.4 cm³/mol. The van der Waals surface area contributed by atoms with Crippen LogP contribution >= 0.6 is 11.8 Å². The fourth-order valence-electron chi connectivity index (χ4n) is 2.75. The van der Waals surface area contributed by atoms with E-state index in [-0.39, 0.29) is 0 Å². The molecule has 0 aromatic carbocycles. The molecule has 0 radical (unpaired) electrons. The van der Waals surface area contributed by atoms with Gasteiger partial charge in [-0.1, -0.05) is 0 Å². The number of hydrogen-bond donors (Lipinski definition) is 0. The minimum absolute atomic E-state index is 0.501. The molecule has 20 heavy (non-hydrogen) atoms. The summed E-state index contributed by atoms with van der Waals surface area (Å²) >= 11 is 1.99. The van der Waals surface area contributed by atoms with Crippen molar-refractivity contribution in [2.24, 2.45) is 0 Å². The van der Waals surface area contributed by atoms with E-state index in [2.05, 4.69) is 30.1 Å². The highest BCUT2D eigenvalue weighted by molar-refractivity contribution is 7.99. The Morgan fingerprint density at radius 1 is 0.800 bits per heavy atom. The number of hydrogen-bond acceptors (Lipinski definition) is 8. The number of rotatable bonds is 2. The lowest BCUT2D eigenvalue weighted by molar-refractivity contribution is 0.314. The monoisotopic (exact) mass is 292 g/mol. The van der Waals surface area contributed by atoms with E-state index >= 15 is 0 Å². The van der Waals surface area contributed by atoms with E-state index < -0.39 is 0 Å². The summed E-state index contributed by atoms with van der Waals surface area (Å²) in [4.78, 5) is 13.9. The van der Waals surface area contributed by atoms with Gasteiger partial charge >= 0.3 is 0 Å². The highest BCUT2D eigenvalue weighted by atomic mass is 32.2. The Hall–Kier alpha value is -1.57. The smallest absolute Gasteiger partial charge is 0.245 e. The van der Waals surface area contributed by atoms with Crippen molar-refractivity contribution < 1.29 is 4.63 Å². The normalized spacial score (nSPS) is 20.0. The highest BCUT2D eigenvalue weighted by Gasteiger charge is 2.25. The lowest BCUT2D eigenvalue weighted by Crippen LogP contribution is -2.35. The Morgan fingerprint density at radius 2 is 1.35 bits per heavy atom. The summed E-state index contributed by atoms with van der Waals surface area (Å²) in [6.45, 7) is 4.11. The first-order valence-electron chi connectivity index (χ1n) is 7.00. The van der Waals surface area contributed by atoms with Crippen LogP contribution < -0.4 is 9.80 Å². The van der Waals surface area contributed by atoms with Crippen molar-refractivity contribution in [2.75, 3.05) is 47.5 Å². The van der Waals surface area contributed by atoms with Gasteiger partial charge in [-0.2, -0.15) is 11.8 Å². The topological polar surface area (TPSA) is 71.2 Å². The first-order valence-corrected chi connectivity index (χ1v) is 8.15. The van der Waals surface area contributed by atoms with Crippen LogP contribution in [0.3, 0.4) is 0 Å². The van der Waals surface area contributed by atoms with Gasteiger partial charge in [-0.3, -0.25) is 0 Å². The molecule has 0 spiro atoms. The van der Waals surface area contributed by atoms with E-state index in [0.29, 0.717) is 11.3 Å². The minimum Gasteiger partial charge on any atom is -0.353 e. The first kappa shape index (κ1) is 12.2. The minimum atomic E-state index is 0.501. The van der Waals surface area contributed by atoms with Crippen LogP contribution in [0.1, 0.15) is 12.8 Å². The van der Waals surface area contributed by atoms with Gasteiger partial charge in [0.15, 0.2) is 11.6 Å². The van der Waals surface area contributed by atoms with Crippen LogP contribution in [0.2, 0.25) is 0 Å². The third-order valence-corrected chi connectivity index (χ3v) is 4.74. The number of aromatic nitrogens is 4. The largest absolute Gasteiger partial charge is 0.353 e. The molecule has 7 nitrogen and oxygen atoms in total. The predicted octanol–water partition coefficient (Wildman–Crippen LogP) is 1.17. The summed E-state index contributed by atoms with van der Waals surface area (Å²) in [5.74, 6) is 4.15. The fourth-order valence-corrected chi connectivity index (χ4v) is 3.65. The molecule has 2 fully saturated rings. The van der Waals surface area contributed by atoms with E-state index in [1.807, 2.05) is 11.8 Å². The molecule has 0 amide bonds. The van der Waals surface area contributed by atoms with Crippen molar-refractivity contribution in [1.82, 2.24) is 20.3 Å². The maximum atomic E-state index is 4.76. The molecule has 4 heterocycles. The van der Waals surface area contributed by atoms with Crippen molar-refractivity contribution in [3.63, 3.8) is 0 Å². The van der Waals surface area contributed by atoms with Crippen LogP contribution in [0.4, 0.5) is 11.6 Å². The molecule has 2 aromatic heterocycles. The third kappa shape index (κ3) is 2.07. The third-order valence-electron chi connectivity index (χ3n) is 3.79. The zero-order valence-corrected chi connectivity index (χ0v) is 12.0. The Balaban J connectivity index is 1.79. The zero-order chi connectivity index (χ0) is 13.4. The van der Waals surface area contributed by atoms with Crippen molar-refractivity contribution in [2.45, 2.75) is 12.8 Å². The van der Waals surface area contributed by atoms with Crippen LogP contribution in [0.25, 0.3) is 11.3 Å². The van der Waals surface area contributed by atoms with E-state index in [1.165, 1.54) is 12.8 Å². The Kier molecular flexibility index (Phi) is 3.10. The molecule has 0 atom stereocenters. The molecule has 2 aliphatic rings. The zero-order valence-electron chi connectivity index (χ0n) is 11.2. The maximum Gasteiger partial charge on any atom is 0.245 e. The lowest BCUT2D eigenvalue weighted by atomic mass is 10.4. The maximum absolute atomic E-state index is 4.76. The molecule has 0 N–H and O–H groups in total. The molecular formula is C12H16N6OS. The summed E-state index contributed by atoms with van der Waals surface area (Å²) in [5, 5.41) is 7.66. The molecule has 0 unspecified atom stereocenters. The Bertz CT molecular complexity index is 605. The van der Waals surface area contributed by atoms with Gasteiger partial charge in [-0.25, -0.2) is 14.6 Å². The molecule has 0 saturated carbocycles. The Morgan fingerprint density at radius 3 is 1.95 bits per heavy atom. The molecule has 2 aromatic rings. The van der Waals surface area contributed by atoms with Gasteiger partial charge in [-0.15, -0.1) is 0 Å². The molecule has 4 rings (SSSR count). The highest BCUT2D eigenvalue weighted by Crippen LogP contribution is 2.31. The van der Waals surface area contributed by atoms with Crippen LogP contribution in [0.15, 0.2) is 4.63 Å². The summed E-state index contributed by atoms with van der Waals surface area (Å²) < 4.78 is 4.76. The first-order chi connectivity index (χ1) is 9.92. The van der Waals surface area contributed by atoms with Gasteiger partial charge in [0.25, 0.3) is 0 Å². The fraction of sp³-hybridized carbons (Fsp3) is 0.667. The summed E-state index contributed by atoms with van der Waals surface area (Å²) in [6.07, 6.45) is 2.43. The van der Waals surface area contributed by atoms with Gasteiger partial charge in [0.05, 0.1) is 0 Å². The number of nitrogens with zero attached hydrogens (tertiary/aromatic N) is 6. The van der Waals surface area contributed by atoms with Gasteiger partial charge in [0, 0.05) is 37.7 Å². The Labute approximate surface area is 120 Å². The summed E-state index contributed by atoms with van der Waals surface area (Å²) in [6, 6.07) is 0. The van der Waals surface area contributed by atoms with Crippen molar-refractivity contribution in [3.05, 3.63) is 0 Å². The summed E-state index contributed by atoms with van der Waals surface area (Å²) in [5.41, 5.74) is 1.00. The van der Waals surface area contributed by atoms with E-state index in [4.69, 9.17) is 4.63 Å². The quantitative estimate of drug-likeness (QED) is 0.817. The van der Waals surface area contributed by atoms with Gasteiger partial charge < -0.3 is 9.80 Å². The van der Waals surface area contributed by atoms with Crippen LogP contribution in [-0.4, -0.2) is 58.0 Å². The molecular weight excluding hydrogens is 276 g/mol. The average Bonchev–Trinajstić information content (AvgIpc) is 3.17. The van der Waals surface area contributed by atoms with Crippen molar-refractivity contribution >= 4 is 34.7 Å². The average molecular weight is 292 g/mol. The second-order valence-electron chi connectivity index (χ2n) is 5.08. The molecule has 106 valence electrons. The van der Waals surface area contributed by atoms with Gasteiger partial charge in [0.1, 0.15) is 0 Å². The molecule has 2 aliphatic heterocycles. The van der Waals surface area contributed by atoms with Crippen LogP contribution in [-0.2, 0) is 0 Å². The number of anilines is 2. The number of thioether (sulfide) groups is 1. The second kappa shape index (κ2) is 5.08.